The molecule has 5 heteroatoms. The minimum Gasteiger partial charge on any atom is -0.458 e. The average molecular weight is 332 g/mol. The molecule has 2 rings (SSSR count). The van der Waals surface area contributed by atoms with Crippen molar-refractivity contribution in [2.45, 2.75) is 46.1 Å². The number of esters is 1. The van der Waals surface area contributed by atoms with Crippen LogP contribution < -0.4 is 11.1 Å². The molecule has 1 fully saturated rings. The molecule has 0 saturated heterocycles. The van der Waals surface area contributed by atoms with Crippen molar-refractivity contribution in [3.8, 4) is 0 Å². The number of carbonyl (C=O) groups is 2. The van der Waals surface area contributed by atoms with Crippen molar-refractivity contribution < 1.29 is 14.3 Å². The van der Waals surface area contributed by atoms with E-state index in [1.807, 2.05) is 0 Å². The van der Waals surface area contributed by atoms with Gasteiger partial charge in [-0.3, -0.25) is 4.79 Å². The SMILES string of the molecule is CC(C)C1CC[C@@H](C)C[C@H]1OC(=O)c1ccccc1NC(=O)CN. The number of nitrogens with two attached hydrogens (primary N) is 1. The summed E-state index contributed by atoms with van der Waals surface area (Å²) in [4.78, 5) is 24.2. The van der Waals surface area contributed by atoms with Crippen molar-refractivity contribution in [2.24, 2.45) is 23.5 Å². The summed E-state index contributed by atoms with van der Waals surface area (Å²) >= 11 is 0. The number of rotatable bonds is 5. The molecular weight excluding hydrogens is 304 g/mol. The number of hydrogen-bond acceptors (Lipinski definition) is 4. The van der Waals surface area contributed by atoms with Crippen LogP contribution >= 0.6 is 0 Å². The van der Waals surface area contributed by atoms with Gasteiger partial charge >= 0.3 is 5.97 Å². The van der Waals surface area contributed by atoms with Crippen molar-refractivity contribution >= 4 is 17.6 Å². The number of anilines is 1. The molecule has 0 radical (unpaired) electrons. The van der Waals surface area contributed by atoms with Gasteiger partial charge in [0.25, 0.3) is 0 Å². The predicted molar refractivity (Wildman–Crippen MR) is 94.7 cm³/mol. The lowest BCUT2D eigenvalue weighted by Crippen LogP contribution is -2.36. The van der Waals surface area contributed by atoms with Gasteiger partial charge in [-0.1, -0.05) is 39.3 Å². The first-order chi connectivity index (χ1) is 11.4. The second kappa shape index (κ2) is 8.29. The zero-order valence-corrected chi connectivity index (χ0v) is 14.7. The Morgan fingerprint density at radius 1 is 1.29 bits per heavy atom. The summed E-state index contributed by atoms with van der Waals surface area (Å²) in [7, 11) is 0. The van der Waals surface area contributed by atoms with Crippen LogP contribution in [-0.2, 0) is 9.53 Å². The van der Waals surface area contributed by atoms with E-state index in [2.05, 4.69) is 26.1 Å². The second-order valence-corrected chi connectivity index (χ2v) is 7.07. The molecule has 0 bridgehead atoms. The Morgan fingerprint density at radius 2 is 2.00 bits per heavy atom. The summed E-state index contributed by atoms with van der Waals surface area (Å²) in [6.07, 6.45) is 3.09. The van der Waals surface area contributed by atoms with Gasteiger partial charge in [-0.25, -0.2) is 4.79 Å². The first-order valence-corrected chi connectivity index (χ1v) is 8.72. The fourth-order valence-electron chi connectivity index (χ4n) is 3.42. The third-order valence-electron chi connectivity index (χ3n) is 4.83. The van der Waals surface area contributed by atoms with Gasteiger partial charge in [0.15, 0.2) is 0 Å². The predicted octanol–water partition coefficient (Wildman–Crippen LogP) is 3.20. The molecule has 0 heterocycles. The maximum Gasteiger partial charge on any atom is 0.340 e. The van der Waals surface area contributed by atoms with Gasteiger partial charge in [0, 0.05) is 0 Å². The number of benzene rings is 1. The van der Waals surface area contributed by atoms with Gasteiger partial charge in [-0.2, -0.15) is 0 Å². The lowest BCUT2D eigenvalue weighted by Gasteiger charge is -2.36. The van der Waals surface area contributed by atoms with Gasteiger partial charge in [-0.15, -0.1) is 0 Å². The Labute approximate surface area is 143 Å². The summed E-state index contributed by atoms with van der Waals surface area (Å²) in [6, 6.07) is 6.89. The zero-order valence-electron chi connectivity index (χ0n) is 14.7. The Bertz CT molecular complexity index is 586. The summed E-state index contributed by atoms with van der Waals surface area (Å²) in [6.45, 7) is 6.43. The molecular formula is C19H28N2O3. The molecule has 1 aliphatic rings. The van der Waals surface area contributed by atoms with Crippen LogP contribution in [0.4, 0.5) is 5.69 Å². The van der Waals surface area contributed by atoms with E-state index in [1.54, 1.807) is 24.3 Å². The van der Waals surface area contributed by atoms with E-state index in [0.717, 1.165) is 12.8 Å². The molecule has 1 aliphatic carbocycles. The molecule has 1 aromatic rings. The molecule has 132 valence electrons. The monoisotopic (exact) mass is 332 g/mol. The van der Waals surface area contributed by atoms with E-state index in [9.17, 15) is 9.59 Å². The fourth-order valence-corrected chi connectivity index (χ4v) is 3.42. The van der Waals surface area contributed by atoms with Crippen molar-refractivity contribution in [1.82, 2.24) is 0 Å². The molecule has 24 heavy (non-hydrogen) atoms. The second-order valence-electron chi connectivity index (χ2n) is 7.07. The molecule has 0 spiro atoms. The summed E-state index contributed by atoms with van der Waals surface area (Å²) < 4.78 is 5.86. The average Bonchev–Trinajstić information content (AvgIpc) is 2.54. The first kappa shape index (κ1) is 18.5. The highest BCUT2D eigenvalue weighted by Gasteiger charge is 2.34. The molecule has 0 aromatic heterocycles. The Balaban J connectivity index is 2.15. The number of carbonyl (C=O) groups excluding carboxylic acids is 2. The van der Waals surface area contributed by atoms with Gasteiger partial charge in [0.05, 0.1) is 17.8 Å². The molecule has 1 amide bonds. The van der Waals surface area contributed by atoms with Crippen LogP contribution in [0.1, 0.15) is 50.4 Å². The number of amides is 1. The number of hydrogen-bond donors (Lipinski definition) is 2. The maximum atomic E-state index is 12.7. The molecule has 1 aromatic carbocycles. The Kier molecular flexibility index (Phi) is 6.37. The van der Waals surface area contributed by atoms with E-state index in [-0.39, 0.29) is 24.5 Å². The number of nitrogens with one attached hydrogen (secondary N) is 1. The highest BCUT2D eigenvalue weighted by atomic mass is 16.5. The van der Waals surface area contributed by atoms with Crippen molar-refractivity contribution in [3.05, 3.63) is 29.8 Å². The van der Waals surface area contributed by atoms with Gasteiger partial charge < -0.3 is 15.8 Å². The Hall–Kier alpha value is -1.88. The first-order valence-electron chi connectivity index (χ1n) is 8.72. The third-order valence-corrected chi connectivity index (χ3v) is 4.83. The normalized spacial score (nSPS) is 23.8. The molecule has 1 unspecified atom stereocenters. The molecule has 0 aliphatic heterocycles. The van der Waals surface area contributed by atoms with Crippen LogP contribution in [0.2, 0.25) is 0 Å². The van der Waals surface area contributed by atoms with Crippen molar-refractivity contribution in [3.63, 3.8) is 0 Å². The summed E-state index contributed by atoms with van der Waals surface area (Å²) in [5, 5.41) is 2.66. The van der Waals surface area contributed by atoms with Crippen LogP contribution in [0.25, 0.3) is 0 Å². The van der Waals surface area contributed by atoms with E-state index < -0.39 is 0 Å². The van der Waals surface area contributed by atoms with Gasteiger partial charge in [0.1, 0.15) is 6.10 Å². The maximum absolute atomic E-state index is 12.7. The number of para-hydroxylation sites is 1. The minimum atomic E-state index is -0.382. The quantitative estimate of drug-likeness (QED) is 0.811. The highest BCUT2D eigenvalue weighted by molar-refractivity contribution is 6.01. The van der Waals surface area contributed by atoms with E-state index in [4.69, 9.17) is 10.5 Å². The highest BCUT2D eigenvalue weighted by Crippen LogP contribution is 2.36. The van der Waals surface area contributed by atoms with Crippen LogP contribution in [-0.4, -0.2) is 24.5 Å². The topological polar surface area (TPSA) is 81.4 Å². The van der Waals surface area contributed by atoms with Crippen LogP contribution in [0.15, 0.2) is 24.3 Å². The molecule has 1 saturated carbocycles. The fraction of sp³-hybridized carbons (Fsp3) is 0.579. The van der Waals surface area contributed by atoms with E-state index in [1.165, 1.54) is 6.42 Å². The largest absolute Gasteiger partial charge is 0.458 e. The molecule has 3 atom stereocenters. The third kappa shape index (κ3) is 4.57. The smallest absolute Gasteiger partial charge is 0.340 e. The summed E-state index contributed by atoms with van der Waals surface area (Å²) in [5.41, 5.74) is 6.16. The molecule has 3 N–H and O–H groups in total. The van der Waals surface area contributed by atoms with Gasteiger partial charge in [0.2, 0.25) is 5.91 Å². The number of ether oxygens (including phenoxy) is 1. The standard InChI is InChI=1S/C19H28N2O3/c1-12(2)14-9-8-13(3)10-17(14)24-19(23)15-6-4-5-7-16(15)21-18(22)11-20/h4-7,12-14,17H,8-11,20H2,1-3H3,(H,21,22)/t13-,14?,17-/m1/s1. The molecule has 5 nitrogen and oxygen atoms in total. The van der Waals surface area contributed by atoms with Crippen molar-refractivity contribution in [2.75, 3.05) is 11.9 Å². The van der Waals surface area contributed by atoms with Crippen molar-refractivity contribution in [1.29, 1.82) is 0 Å². The zero-order chi connectivity index (χ0) is 17.7. The lowest BCUT2D eigenvalue weighted by molar-refractivity contribution is -0.114. The van der Waals surface area contributed by atoms with Crippen LogP contribution in [0, 0.1) is 17.8 Å². The minimum absolute atomic E-state index is 0.0699. The lowest BCUT2D eigenvalue weighted by atomic mass is 9.75. The van der Waals surface area contributed by atoms with Crippen LogP contribution in [0.5, 0.6) is 0 Å². The van der Waals surface area contributed by atoms with Gasteiger partial charge in [-0.05, 0) is 42.7 Å². The summed E-state index contributed by atoms with van der Waals surface area (Å²) in [5.74, 6) is 0.706. The van der Waals surface area contributed by atoms with E-state index in [0.29, 0.717) is 29.0 Å². The van der Waals surface area contributed by atoms with Crippen LogP contribution in [0.3, 0.4) is 0 Å². The Morgan fingerprint density at radius 3 is 2.67 bits per heavy atom. The van der Waals surface area contributed by atoms with E-state index >= 15 is 0 Å².